The van der Waals surface area contributed by atoms with Crippen LogP contribution in [0.3, 0.4) is 0 Å². The summed E-state index contributed by atoms with van der Waals surface area (Å²) in [7, 11) is -3.16. The van der Waals surface area contributed by atoms with Crippen molar-refractivity contribution >= 4 is 45.5 Å². The van der Waals surface area contributed by atoms with Gasteiger partial charge in [0.1, 0.15) is 0 Å². The van der Waals surface area contributed by atoms with Crippen LogP contribution in [0.25, 0.3) is 0 Å². The first-order chi connectivity index (χ1) is 12.7. The largest absolute Gasteiger partial charge is 0.369 e. The highest BCUT2D eigenvalue weighted by Crippen LogP contribution is 2.19. The minimum Gasteiger partial charge on any atom is -0.369 e. The van der Waals surface area contributed by atoms with Gasteiger partial charge in [0.05, 0.1) is 17.0 Å². The van der Waals surface area contributed by atoms with E-state index in [0.29, 0.717) is 5.96 Å². The average molecular weight is 522 g/mol. The van der Waals surface area contributed by atoms with E-state index in [9.17, 15) is 8.42 Å². The van der Waals surface area contributed by atoms with Crippen molar-refractivity contribution in [3.8, 4) is 0 Å². The van der Waals surface area contributed by atoms with Gasteiger partial charge in [0, 0.05) is 31.4 Å². The Balaban J connectivity index is 0.00000392. The molecule has 0 radical (unpaired) electrons. The minimum absolute atomic E-state index is 0. The van der Waals surface area contributed by atoms with E-state index in [1.54, 1.807) is 20.8 Å². The number of benzene rings is 1. The summed E-state index contributed by atoms with van der Waals surface area (Å²) in [5, 5.41) is 6.72. The summed E-state index contributed by atoms with van der Waals surface area (Å²) in [4.78, 5) is 6.88. The molecule has 1 aromatic carbocycles. The Kier molecular flexibility index (Phi) is 10.0. The number of hydrogen-bond acceptors (Lipinski definition) is 4. The van der Waals surface area contributed by atoms with Crippen molar-refractivity contribution in [2.24, 2.45) is 4.99 Å². The molecular weight excluding hydrogens is 487 g/mol. The highest BCUT2D eigenvalue weighted by Gasteiger charge is 2.28. The Morgan fingerprint density at radius 3 is 2.54 bits per heavy atom. The SMILES string of the molecule is CCNC(=NCCS(=O)(=O)C(C)(C)C)NC1CCCN(c2ccccc2)C1.I. The summed E-state index contributed by atoms with van der Waals surface area (Å²) >= 11 is 0. The number of sulfone groups is 1. The second kappa shape index (κ2) is 11.2. The molecule has 1 saturated heterocycles. The van der Waals surface area contributed by atoms with Crippen LogP contribution in [0.2, 0.25) is 0 Å². The quantitative estimate of drug-likeness (QED) is 0.342. The lowest BCUT2D eigenvalue weighted by atomic mass is 10.1. The van der Waals surface area contributed by atoms with Crippen LogP contribution >= 0.6 is 24.0 Å². The molecule has 1 fully saturated rings. The lowest BCUT2D eigenvalue weighted by molar-refractivity contribution is 0.468. The van der Waals surface area contributed by atoms with Crippen molar-refractivity contribution in [1.82, 2.24) is 10.6 Å². The van der Waals surface area contributed by atoms with Crippen molar-refractivity contribution in [2.75, 3.05) is 36.8 Å². The molecule has 0 amide bonds. The fourth-order valence-corrected chi connectivity index (χ4v) is 4.01. The predicted octanol–water partition coefficient (Wildman–Crippen LogP) is 3.04. The zero-order valence-corrected chi connectivity index (χ0v) is 20.6. The Morgan fingerprint density at radius 1 is 1.25 bits per heavy atom. The Morgan fingerprint density at radius 2 is 1.93 bits per heavy atom. The van der Waals surface area contributed by atoms with Gasteiger partial charge in [-0.15, -0.1) is 24.0 Å². The van der Waals surface area contributed by atoms with Crippen molar-refractivity contribution in [3.63, 3.8) is 0 Å². The van der Waals surface area contributed by atoms with Gasteiger partial charge in [0.15, 0.2) is 15.8 Å². The average Bonchev–Trinajstić information content (AvgIpc) is 2.62. The smallest absolute Gasteiger partial charge is 0.191 e. The van der Waals surface area contributed by atoms with Crippen molar-refractivity contribution in [3.05, 3.63) is 30.3 Å². The number of hydrogen-bond donors (Lipinski definition) is 2. The maximum absolute atomic E-state index is 12.3. The molecule has 1 atom stereocenters. The molecule has 1 aliphatic rings. The third-order valence-corrected chi connectivity index (χ3v) is 7.38. The molecule has 28 heavy (non-hydrogen) atoms. The first-order valence-electron chi connectivity index (χ1n) is 9.80. The number of anilines is 1. The highest BCUT2D eigenvalue weighted by atomic mass is 127. The molecule has 1 heterocycles. The number of guanidine groups is 1. The zero-order chi connectivity index (χ0) is 19.9. The van der Waals surface area contributed by atoms with Gasteiger partial charge in [0.25, 0.3) is 0 Å². The van der Waals surface area contributed by atoms with E-state index in [-0.39, 0.29) is 42.3 Å². The molecular formula is C20H35IN4O2S. The van der Waals surface area contributed by atoms with Crippen LogP contribution in [0.4, 0.5) is 5.69 Å². The first-order valence-corrected chi connectivity index (χ1v) is 11.5. The van der Waals surface area contributed by atoms with Gasteiger partial charge in [0.2, 0.25) is 0 Å². The van der Waals surface area contributed by atoms with E-state index in [2.05, 4.69) is 44.8 Å². The molecule has 8 heteroatoms. The molecule has 6 nitrogen and oxygen atoms in total. The zero-order valence-electron chi connectivity index (χ0n) is 17.4. The fourth-order valence-electron chi connectivity index (χ4n) is 3.07. The van der Waals surface area contributed by atoms with Crippen molar-refractivity contribution in [1.29, 1.82) is 0 Å². The molecule has 0 aromatic heterocycles. The number of aliphatic imine (C=N–C) groups is 1. The Labute approximate surface area is 187 Å². The predicted molar refractivity (Wildman–Crippen MR) is 130 cm³/mol. The second-order valence-corrected chi connectivity index (χ2v) is 10.8. The monoisotopic (exact) mass is 522 g/mol. The summed E-state index contributed by atoms with van der Waals surface area (Å²) in [6.45, 7) is 10.2. The van der Waals surface area contributed by atoms with E-state index in [1.165, 1.54) is 5.69 Å². The standard InChI is InChI=1S/C20H34N4O2S.HI/c1-5-21-19(22-13-15-27(25,26)20(2,3)4)23-17-10-9-14-24(16-17)18-11-7-6-8-12-18;/h6-8,11-12,17H,5,9-10,13-16H2,1-4H3,(H2,21,22,23);1H. The number of para-hydroxylation sites is 1. The van der Waals surface area contributed by atoms with Crippen LogP contribution in [0.1, 0.15) is 40.5 Å². The first kappa shape index (κ1) is 25.0. The third kappa shape index (κ3) is 7.42. The number of nitrogens with one attached hydrogen (secondary N) is 2. The minimum atomic E-state index is -3.16. The summed E-state index contributed by atoms with van der Waals surface area (Å²) in [5.41, 5.74) is 1.24. The lowest BCUT2D eigenvalue weighted by Crippen LogP contribution is -2.51. The van der Waals surface area contributed by atoms with Gasteiger partial charge < -0.3 is 15.5 Å². The lowest BCUT2D eigenvalue weighted by Gasteiger charge is -2.35. The number of nitrogens with zero attached hydrogens (tertiary/aromatic N) is 2. The van der Waals surface area contributed by atoms with Crippen LogP contribution in [0.15, 0.2) is 35.3 Å². The van der Waals surface area contributed by atoms with Gasteiger partial charge in [-0.05, 0) is 52.7 Å². The summed E-state index contributed by atoms with van der Waals surface area (Å²) in [6.07, 6.45) is 2.19. The Hall–Kier alpha value is -1.03. The van der Waals surface area contributed by atoms with E-state index in [1.807, 2.05) is 13.0 Å². The number of piperidine rings is 1. The molecule has 1 unspecified atom stereocenters. The van der Waals surface area contributed by atoms with E-state index < -0.39 is 14.6 Å². The fraction of sp³-hybridized carbons (Fsp3) is 0.650. The maximum atomic E-state index is 12.3. The molecule has 1 aromatic rings. The van der Waals surface area contributed by atoms with Crippen LogP contribution in [-0.2, 0) is 9.84 Å². The van der Waals surface area contributed by atoms with Gasteiger partial charge >= 0.3 is 0 Å². The molecule has 2 N–H and O–H groups in total. The van der Waals surface area contributed by atoms with Gasteiger partial charge in [-0.1, -0.05) is 18.2 Å². The van der Waals surface area contributed by atoms with Crippen LogP contribution in [0, 0.1) is 0 Å². The molecule has 1 aliphatic heterocycles. The van der Waals surface area contributed by atoms with Crippen molar-refractivity contribution in [2.45, 2.75) is 51.3 Å². The third-order valence-electron chi connectivity index (χ3n) is 4.79. The van der Waals surface area contributed by atoms with Crippen LogP contribution in [0.5, 0.6) is 0 Å². The summed E-state index contributed by atoms with van der Waals surface area (Å²) in [5.74, 6) is 0.759. The van der Waals surface area contributed by atoms with Crippen molar-refractivity contribution < 1.29 is 8.42 Å². The highest BCUT2D eigenvalue weighted by molar-refractivity contribution is 14.0. The van der Waals surface area contributed by atoms with E-state index in [4.69, 9.17) is 0 Å². The van der Waals surface area contributed by atoms with E-state index in [0.717, 1.165) is 32.5 Å². The molecule has 0 spiro atoms. The molecule has 0 bridgehead atoms. The summed E-state index contributed by atoms with van der Waals surface area (Å²) in [6, 6.07) is 10.7. The molecule has 0 aliphatic carbocycles. The van der Waals surface area contributed by atoms with Gasteiger partial charge in [-0.25, -0.2) is 8.42 Å². The normalized spacial score (nSPS) is 18.4. The second-order valence-electron chi connectivity index (χ2n) is 7.96. The summed E-state index contributed by atoms with van der Waals surface area (Å²) < 4.78 is 23.8. The molecule has 0 saturated carbocycles. The molecule has 160 valence electrons. The van der Waals surface area contributed by atoms with Gasteiger partial charge in [-0.3, -0.25) is 4.99 Å². The number of halogens is 1. The molecule has 2 rings (SSSR count). The van der Waals surface area contributed by atoms with Crippen LogP contribution in [-0.4, -0.2) is 57.1 Å². The van der Waals surface area contributed by atoms with Gasteiger partial charge in [-0.2, -0.15) is 0 Å². The number of rotatable bonds is 6. The van der Waals surface area contributed by atoms with Crippen LogP contribution < -0.4 is 15.5 Å². The Bertz CT molecular complexity index is 717. The van der Waals surface area contributed by atoms with E-state index >= 15 is 0 Å². The maximum Gasteiger partial charge on any atom is 0.191 e. The topological polar surface area (TPSA) is 73.8 Å².